The Morgan fingerprint density at radius 1 is 1.44 bits per heavy atom. The van der Waals surface area contributed by atoms with Crippen LogP contribution in [0.15, 0.2) is 18.3 Å². The number of nitrogens with zero attached hydrogens (tertiary/aromatic N) is 2. The maximum Gasteiger partial charge on any atom is 0.305 e. The molecule has 18 heavy (non-hydrogen) atoms. The highest BCUT2D eigenvalue weighted by molar-refractivity contribution is 7.15. The van der Waals surface area contributed by atoms with Crippen LogP contribution in [0, 0.1) is 21.7 Å². The lowest BCUT2D eigenvalue weighted by molar-refractivity contribution is -0.387. The van der Waals surface area contributed by atoms with E-state index in [0.717, 1.165) is 23.5 Å². The van der Waals surface area contributed by atoms with Crippen LogP contribution in [0.2, 0.25) is 0 Å². The Morgan fingerprint density at radius 2 is 2.17 bits per heavy atom. The number of halogens is 3. The summed E-state index contributed by atoms with van der Waals surface area (Å²) in [6.07, 6.45) is 1.38. The van der Waals surface area contributed by atoms with Gasteiger partial charge in [0.05, 0.1) is 16.4 Å². The molecule has 1 aromatic carbocycles. The quantitative estimate of drug-likeness (QED) is 0.491. The van der Waals surface area contributed by atoms with Crippen molar-refractivity contribution in [2.24, 2.45) is 0 Å². The fraction of sp³-hybridized carbons (Fsp3) is 0.100. The van der Waals surface area contributed by atoms with E-state index in [4.69, 9.17) is 11.6 Å². The van der Waals surface area contributed by atoms with E-state index < -0.39 is 27.8 Å². The van der Waals surface area contributed by atoms with Crippen molar-refractivity contribution in [2.45, 2.75) is 5.88 Å². The van der Waals surface area contributed by atoms with Gasteiger partial charge in [0.25, 0.3) is 0 Å². The van der Waals surface area contributed by atoms with E-state index in [-0.39, 0.29) is 10.9 Å². The molecule has 1 heterocycles. The number of thiazole rings is 1. The van der Waals surface area contributed by atoms with Crippen molar-refractivity contribution < 1.29 is 13.7 Å². The van der Waals surface area contributed by atoms with Gasteiger partial charge in [0, 0.05) is 17.1 Å². The second-order valence-corrected chi connectivity index (χ2v) is 4.66. The highest BCUT2D eigenvalue weighted by Gasteiger charge is 2.24. The molecule has 0 unspecified atom stereocenters. The van der Waals surface area contributed by atoms with Crippen LogP contribution in [-0.4, -0.2) is 9.91 Å². The Morgan fingerprint density at radius 3 is 2.72 bits per heavy atom. The first-order valence-electron chi connectivity index (χ1n) is 4.68. The van der Waals surface area contributed by atoms with Crippen LogP contribution in [0.3, 0.4) is 0 Å². The molecule has 94 valence electrons. The predicted molar refractivity (Wildman–Crippen MR) is 63.7 cm³/mol. The molecule has 0 aliphatic carbocycles. The molecule has 0 atom stereocenters. The van der Waals surface area contributed by atoms with Gasteiger partial charge in [-0.05, 0) is 6.07 Å². The minimum atomic E-state index is -1.23. The van der Waals surface area contributed by atoms with Crippen molar-refractivity contribution in [1.29, 1.82) is 0 Å². The summed E-state index contributed by atoms with van der Waals surface area (Å²) < 4.78 is 27.4. The van der Waals surface area contributed by atoms with Crippen molar-refractivity contribution in [3.63, 3.8) is 0 Å². The van der Waals surface area contributed by atoms with Crippen molar-refractivity contribution in [1.82, 2.24) is 4.98 Å². The minimum Gasteiger partial charge on any atom is -0.258 e. The molecule has 2 rings (SSSR count). The zero-order valence-electron chi connectivity index (χ0n) is 8.69. The van der Waals surface area contributed by atoms with Gasteiger partial charge in [-0.2, -0.15) is 4.39 Å². The average molecular weight is 291 g/mol. The molecule has 0 amide bonds. The molecule has 0 aliphatic heterocycles. The molecule has 8 heteroatoms. The van der Waals surface area contributed by atoms with Gasteiger partial charge < -0.3 is 0 Å². The largest absolute Gasteiger partial charge is 0.305 e. The Kier molecular flexibility index (Phi) is 3.53. The van der Waals surface area contributed by atoms with Gasteiger partial charge in [-0.25, -0.2) is 9.37 Å². The Labute approximate surface area is 109 Å². The molecule has 0 fully saturated rings. The van der Waals surface area contributed by atoms with Gasteiger partial charge in [-0.1, -0.05) is 0 Å². The maximum absolute atomic E-state index is 13.8. The number of hydrogen-bond donors (Lipinski definition) is 0. The summed E-state index contributed by atoms with van der Waals surface area (Å²) in [7, 11) is 0. The Balaban J connectivity index is 2.62. The lowest BCUT2D eigenvalue weighted by Gasteiger charge is -2.01. The molecular weight excluding hydrogens is 286 g/mol. The van der Waals surface area contributed by atoms with E-state index in [1.807, 2.05) is 0 Å². The summed E-state index contributed by atoms with van der Waals surface area (Å²) in [5.74, 6) is -1.96. The fourth-order valence-electron chi connectivity index (χ4n) is 1.36. The van der Waals surface area contributed by atoms with E-state index in [9.17, 15) is 18.9 Å². The third-order valence-corrected chi connectivity index (χ3v) is 3.63. The molecule has 0 spiro atoms. The molecule has 0 saturated heterocycles. The van der Waals surface area contributed by atoms with Crippen molar-refractivity contribution in [3.8, 4) is 10.6 Å². The predicted octanol–water partition coefficient (Wildman–Crippen LogP) is 3.74. The van der Waals surface area contributed by atoms with Crippen LogP contribution in [0.1, 0.15) is 4.88 Å². The highest BCUT2D eigenvalue weighted by Crippen LogP contribution is 2.34. The standard InChI is InChI=1S/C10H5ClF2N2O2S/c11-3-5-4-14-10(18-5)8-6(12)1-2-7(9(8)13)15(16)17/h1-2,4H,3H2. The normalized spacial score (nSPS) is 10.6. The molecule has 1 aromatic heterocycles. The second kappa shape index (κ2) is 4.95. The van der Waals surface area contributed by atoms with Crippen molar-refractivity contribution in [2.75, 3.05) is 0 Å². The summed E-state index contributed by atoms with van der Waals surface area (Å²) in [5, 5.41) is 10.6. The van der Waals surface area contributed by atoms with E-state index in [0.29, 0.717) is 4.88 Å². The first kappa shape index (κ1) is 12.8. The smallest absolute Gasteiger partial charge is 0.258 e. The van der Waals surface area contributed by atoms with Crippen LogP contribution < -0.4 is 0 Å². The Bertz CT molecular complexity index is 618. The summed E-state index contributed by atoms with van der Waals surface area (Å²) in [4.78, 5) is 14.1. The summed E-state index contributed by atoms with van der Waals surface area (Å²) in [5.41, 5.74) is -1.28. The van der Waals surface area contributed by atoms with Crippen LogP contribution in [-0.2, 0) is 5.88 Å². The molecule has 0 bridgehead atoms. The zero-order chi connectivity index (χ0) is 13.3. The summed E-state index contributed by atoms with van der Waals surface area (Å²) >= 11 is 6.55. The highest BCUT2D eigenvalue weighted by atomic mass is 35.5. The number of aromatic nitrogens is 1. The van der Waals surface area contributed by atoms with E-state index in [2.05, 4.69) is 4.98 Å². The average Bonchev–Trinajstić information content (AvgIpc) is 2.77. The molecule has 0 aliphatic rings. The van der Waals surface area contributed by atoms with Gasteiger partial charge in [0.1, 0.15) is 10.8 Å². The molecular formula is C10H5ClF2N2O2S. The lowest BCUT2D eigenvalue weighted by atomic mass is 10.2. The van der Waals surface area contributed by atoms with Gasteiger partial charge in [0.2, 0.25) is 5.82 Å². The molecule has 4 nitrogen and oxygen atoms in total. The van der Waals surface area contributed by atoms with Crippen molar-refractivity contribution in [3.05, 3.63) is 45.0 Å². The molecule has 0 saturated carbocycles. The van der Waals surface area contributed by atoms with E-state index in [1.54, 1.807) is 0 Å². The maximum atomic E-state index is 13.8. The first-order chi connectivity index (χ1) is 8.54. The van der Waals surface area contributed by atoms with Gasteiger partial charge in [-0.3, -0.25) is 10.1 Å². The third kappa shape index (κ3) is 2.19. The van der Waals surface area contributed by atoms with Crippen LogP contribution in [0.25, 0.3) is 10.6 Å². The Hall–Kier alpha value is -1.60. The molecule has 0 N–H and O–H groups in total. The molecule has 2 aromatic rings. The molecule has 0 radical (unpaired) electrons. The third-order valence-electron chi connectivity index (χ3n) is 2.17. The zero-order valence-corrected chi connectivity index (χ0v) is 10.3. The first-order valence-corrected chi connectivity index (χ1v) is 6.03. The SMILES string of the molecule is O=[N+]([O-])c1ccc(F)c(-c2ncc(CCl)s2)c1F. The van der Waals surface area contributed by atoms with Crippen LogP contribution >= 0.6 is 22.9 Å². The van der Waals surface area contributed by atoms with E-state index >= 15 is 0 Å². The number of rotatable bonds is 3. The number of nitro groups is 1. The fourth-order valence-corrected chi connectivity index (χ4v) is 2.40. The second-order valence-electron chi connectivity index (χ2n) is 3.28. The van der Waals surface area contributed by atoms with Gasteiger partial charge in [0.15, 0.2) is 0 Å². The lowest BCUT2D eigenvalue weighted by Crippen LogP contribution is -1.97. The topological polar surface area (TPSA) is 56.0 Å². The van der Waals surface area contributed by atoms with Crippen LogP contribution in [0.5, 0.6) is 0 Å². The number of hydrogen-bond acceptors (Lipinski definition) is 4. The van der Waals surface area contributed by atoms with E-state index in [1.165, 1.54) is 6.20 Å². The number of nitro benzene ring substituents is 1. The number of benzene rings is 1. The minimum absolute atomic E-state index is 0.0318. The van der Waals surface area contributed by atoms with Crippen molar-refractivity contribution >= 4 is 28.6 Å². The monoisotopic (exact) mass is 290 g/mol. The number of alkyl halides is 1. The summed E-state index contributed by atoms with van der Waals surface area (Å²) in [6.45, 7) is 0. The van der Waals surface area contributed by atoms with Gasteiger partial charge >= 0.3 is 5.69 Å². The summed E-state index contributed by atoms with van der Waals surface area (Å²) in [6, 6.07) is 1.63. The van der Waals surface area contributed by atoms with Crippen LogP contribution in [0.4, 0.5) is 14.5 Å². The van der Waals surface area contributed by atoms with Gasteiger partial charge in [-0.15, -0.1) is 22.9 Å².